The predicted molar refractivity (Wildman–Crippen MR) is 82.3 cm³/mol. The van der Waals surface area contributed by atoms with Gasteiger partial charge in [0.2, 0.25) is 0 Å². The molecule has 1 N–H and O–H groups in total. The number of hydrogen-bond donors (Lipinski definition) is 1. The van der Waals surface area contributed by atoms with Gasteiger partial charge in [0.05, 0.1) is 6.04 Å². The van der Waals surface area contributed by atoms with E-state index in [-0.39, 0.29) is 11.9 Å². The lowest BCUT2D eigenvalue weighted by Gasteiger charge is -2.13. The van der Waals surface area contributed by atoms with Crippen LogP contribution in [0.25, 0.3) is 0 Å². The topological polar surface area (TPSA) is 42.2 Å². The summed E-state index contributed by atoms with van der Waals surface area (Å²) >= 11 is 1.63. The average molecular weight is 289 g/mol. The van der Waals surface area contributed by atoms with E-state index in [2.05, 4.69) is 5.32 Å². The number of nitrogens with one attached hydrogen (secondary N) is 1. The smallest absolute Gasteiger partial charge is 0.252 e. The van der Waals surface area contributed by atoms with Crippen LogP contribution in [-0.4, -0.2) is 12.2 Å². The fraction of sp³-hybridized carbons (Fsp3) is 0.312. The molecule has 3 nitrogen and oxygen atoms in total. The number of hydrogen-bond acceptors (Lipinski definition) is 3. The fourth-order valence-corrected chi connectivity index (χ4v) is 2.44. The summed E-state index contributed by atoms with van der Waals surface area (Å²) in [6, 6.07) is 9.57. The second kappa shape index (κ2) is 6.18. The van der Waals surface area contributed by atoms with Crippen LogP contribution < -0.4 is 5.32 Å². The lowest BCUT2D eigenvalue weighted by Crippen LogP contribution is -2.27. The number of rotatable bonds is 4. The first kappa shape index (κ1) is 14.7. The van der Waals surface area contributed by atoms with Crippen molar-refractivity contribution in [2.24, 2.45) is 0 Å². The second-order valence-corrected chi connectivity index (χ2v) is 5.70. The van der Waals surface area contributed by atoms with Gasteiger partial charge in [-0.05, 0) is 56.9 Å². The lowest BCUT2D eigenvalue weighted by molar-refractivity contribution is 0.0934. The Morgan fingerprint density at radius 3 is 2.60 bits per heavy atom. The third-order valence-corrected chi connectivity index (χ3v) is 3.95. The average Bonchev–Trinajstić information content (AvgIpc) is 2.86. The van der Waals surface area contributed by atoms with Gasteiger partial charge < -0.3 is 9.73 Å². The molecule has 2 rings (SSSR count). The Morgan fingerprint density at radius 2 is 2.00 bits per heavy atom. The zero-order valence-corrected chi connectivity index (χ0v) is 13.0. The zero-order chi connectivity index (χ0) is 14.7. The Kier molecular flexibility index (Phi) is 4.55. The standard InChI is InChI=1S/C16H19NO2S/c1-10-5-7-13(20-4)9-14(10)16(18)17-12(3)15-8-6-11(2)19-15/h5-9,12H,1-4H3,(H,17,18). The van der Waals surface area contributed by atoms with Crippen molar-refractivity contribution in [1.82, 2.24) is 5.32 Å². The van der Waals surface area contributed by atoms with Crippen LogP contribution in [0.4, 0.5) is 0 Å². The maximum Gasteiger partial charge on any atom is 0.252 e. The van der Waals surface area contributed by atoms with Gasteiger partial charge in [0.1, 0.15) is 11.5 Å². The molecule has 0 fully saturated rings. The maximum atomic E-state index is 12.4. The van der Waals surface area contributed by atoms with Crippen molar-refractivity contribution in [1.29, 1.82) is 0 Å². The van der Waals surface area contributed by atoms with Crippen LogP contribution in [0.2, 0.25) is 0 Å². The van der Waals surface area contributed by atoms with Gasteiger partial charge >= 0.3 is 0 Å². The molecule has 0 bridgehead atoms. The monoisotopic (exact) mass is 289 g/mol. The van der Waals surface area contributed by atoms with E-state index in [0.29, 0.717) is 5.56 Å². The highest BCUT2D eigenvalue weighted by Gasteiger charge is 2.16. The van der Waals surface area contributed by atoms with Gasteiger partial charge in [-0.3, -0.25) is 4.79 Å². The van der Waals surface area contributed by atoms with Crippen molar-refractivity contribution in [3.63, 3.8) is 0 Å². The van der Waals surface area contributed by atoms with E-state index in [1.807, 2.05) is 57.4 Å². The Labute approximate surface area is 123 Å². The third-order valence-electron chi connectivity index (χ3n) is 3.22. The summed E-state index contributed by atoms with van der Waals surface area (Å²) in [5.41, 5.74) is 1.69. The summed E-state index contributed by atoms with van der Waals surface area (Å²) in [5, 5.41) is 2.98. The van der Waals surface area contributed by atoms with Crippen molar-refractivity contribution in [3.8, 4) is 0 Å². The summed E-state index contributed by atoms with van der Waals surface area (Å²) in [6.45, 7) is 5.76. The predicted octanol–water partition coefficient (Wildman–Crippen LogP) is 4.11. The summed E-state index contributed by atoms with van der Waals surface area (Å²) in [6.07, 6.45) is 2.00. The molecule has 0 aliphatic carbocycles. The number of furan rings is 1. The number of carbonyl (C=O) groups excluding carboxylic acids is 1. The Morgan fingerprint density at radius 1 is 1.25 bits per heavy atom. The van der Waals surface area contributed by atoms with Crippen LogP contribution in [0, 0.1) is 13.8 Å². The number of aryl methyl sites for hydroxylation is 2. The van der Waals surface area contributed by atoms with Crippen LogP contribution in [-0.2, 0) is 0 Å². The molecule has 1 heterocycles. The van der Waals surface area contributed by atoms with Crippen molar-refractivity contribution in [3.05, 3.63) is 53.0 Å². The van der Waals surface area contributed by atoms with E-state index in [1.54, 1.807) is 11.8 Å². The van der Waals surface area contributed by atoms with Crippen LogP contribution in [0.15, 0.2) is 39.6 Å². The third kappa shape index (κ3) is 3.25. The normalized spacial score (nSPS) is 12.2. The summed E-state index contributed by atoms with van der Waals surface area (Å²) in [7, 11) is 0. The summed E-state index contributed by atoms with van der Waals surface area (Å²) in [5.74, 6) is 1.55. The minimum Gasteiger partial charge on any atom is -0.464 e. The minimum absolute atomic E-state index is 0.0695. The minimum atomic E-state index is -0.145. The highest BCUT2D eigenvalue weighted by Crippen LogP contribution is 2.21. The van der Waals surface area contributed by atoms with Gasteiger partial charge in [0, 0.05) is 10.5 Å². The molecule has 1 unspecified atom stereocenters. The summed E-state index contributed by atoms with van der Waals surface area (Å²) in [4.78, 5) is 13.4. The number of amides is 1. The van der Waals surface area contributed by atoms with Gasteiger partial charge in [-0.25, -0.2) is 0 Å². The maximum absolute atomic E-state index is 12.4. The molecular formula is C16H19NO2S. The van der Waals surface area contributed by atoms with Crippen molar-refractivity contribution >= 4 is 17.7 Å². The molecule has 0 spiro atoms. The zero-order valence-electron chi connectivity index (χ0n) is 12.2. The molecule has 20 heavy (non-hydrogen) atoms. The first-order valence-corrected chi connectivity index (χ1v) is 7.75. The van der Waals surface area contributed by atoms with E-state index in [1.165, 1.54) is 0 Å². The number of thioether (sulfide) groups is 1. The molecule has 1 atom stereocenters. The van der Waals surface area contributed by atoms with Gasteiger partial charge in [0.15, 0.2) is 0 Å². The summed E-state index contributed by atoms with van der Waals surface area (Å²) < 4.78 is 5.54. The molecule has 1 aromatic carbocycles. The molecule has 0 aliphatic heterocycles. The quantitative estimate of drug-likeness (QED) is 0.861. The highest BCUT2D eigenvalue weighted by molar-refractivity contribution is 7.98. The first-order chi connectivity index (χ1) is 9.51. The molecule has 4 heteroatoms. The Balaban J connectivity index is 2.15. The Bertz CT molecular complexity index is 619. The van der Waals surface area contributed by atoms with Crippen molar-refractivity contribution < 1.29 is 9.21 Å². The Hall–Kier alpha value is -1.68. The van der Waals surface area contributed by atoms with Gasteiger partial charge in [-0.15, -0.1) is 11.8 Å². The first-order valence-electron chi connectivity index (χ1n) is 6.53. The molecule has 1 aromatic heterocycles. The van der Waals surface area contributed by atoms with Crippen LogP contribution in [0.3, 0.4) is 0 Å². The highest BCUT2D eigenvalue weighted by atomic mass is 32.2. The largest absolute Gasteiger partial charge is 0.464 e. The SMILES string of the molecule is CSc1ccc(C)c(C(=O)NC(C)c2ccc(C)o2)c1. The second-order valence-electron chi connectivity index (χ2n) is 4.82. The van der Waals surface area contributed by atoms with Gasteiger partial charge in [0.25, 0.3) is 5.91 Å². The lowest BCUT2D eigenvalue weighted by atomic mass is 10.1. The van der Waals surface area contributed by atoms with Gasteiger partial charge in [-0.1, -0.05) is 6.07 Å². The molecule has 0 radical (unpaired) electrons. The number of benzene rings is 1. The molecule has 0 saturated heterocycles. The molecule has 0 aliphatic rings. The van der Waals surface area contributed by atoms with Gasteiger partial charge in [-0.2, -0.15) is 0 Å². The molecule has 0 saturated carbocycles. The van der Waals surface area contributed by atoms with Crippen LogP contribution >= 0.6 is 11.8 Å². The van der Waals surface area contributed by atoms with Crippen molar-refractivity contribution in [2.45, 2.75) is 31.7 Å². The van der Waals surface area contributed by atoms with E-state index in [4.69, 9.17) is 4.42 Å². The van der Waals surface area contributed by atoms with Crippen LogP contribution in [0.5, 0.6) is 0 Å². The van der Waals surface area contributed by atoms with E-state index in [0.717, 1.165) is 22.0 Å². The van der Waals surface area contributed by atoms with E-state index in [9.17, 15) is 4.79 Å². The van der Waals surface area contributed by atoms with Crippen molar-refractivity contribution in [2.75, 3.05) is 6.26 Å². The molecule has 1 amide bonds. The fourth-order valence-electron chi connectivity index (χ4n) is 2.00. The van der Waals surface area contributed by atoms with E-state index >= 15 is 0 Å². The molecule has 106 valence electrons. The molecule has 2 aromatic rings. The van der Waals surface area contributed by atoms with Crippen LogP contribution in [0.1, 0.15) is 40.4 Å². The molecular weight excluding hydrogens is 270 g/mol. The number of carbonyl (C=O) groups is 1. The van der Waals surface area contributed by atoms with E-state index < -0.39 is 0 Å².